The number of hydrogen-bond donors (Lipinski definition) is 1. The number of carbonyl (C=O) groups is 1. The topological polar surface area (TPSA) is 55.1 Å². The molecule has 0 atom stereocenters. The fourth-order valence-electron chi connectivity index (χ4n) is 2.81. The smallest absolute Gasteiger partial charge is 0.229 e. The zero-order chi connectivity index (χ0) is 17.2. The second kappa shape index (κ2) is 6.53. The molecule has 0 aliphatic carbocycles. The fourth-order valence-corrected chi connectivity index (χ4v) is 3.53. The highest BCUT2D eigenvalue weighted by atomic mass is 32.1. The summed E-state index contributed by atoms with van der Waals surface area (Å²) in [6.45, 7) is 2.02. The van der Waals surface area contributed by atoms with Crippen molar-refractivity contribution in [2.75, 3.05) is 5.32 Å². The third-order valence-electron chi connectivity index (χ3n) is 4.03. The van der Waals surface area contributed by atoms with Gasteiger partial charge in [-0.2, -0.15) is 0 Å². The Labute approximate surface area is 149 Å². The van der Waals surface area contributed by atoms with Gasteiger partial charge in [0.25, 0.3) is 0 Å². The molecule has 0 spiro atoms. The second-order valence-electron chi connectivity index (χ2n) is 5.88. The fraction of sp³-hybridized carbons (Fsp3) is 0.100. The molecule has 5 heteroatoms. The molecule has 0 fully saturated rings. The van der Waals surface area contributed by atoms with Gasteiger partial charge in [0.1, 0.15) is 16.3 Å². The van der Waals surface area contributed by atoms with Crippen molar-refractivity contribution < 1.29 is 9.21 Å². The molecule has 0 aliphatic heterocycles. The molecule has 0 radical (unpaired) electrons. The number of fused-ring (bicyclic) bond motifs is 1. The Morgan fingerprint density at radius 3 is 2.88 bits per heavy atom. The molecule has 2 aromatic heterocycles. The Morgan fingerprint density at radius 2 is 2.04 bits per heavy atom. The summed E-state index contributed by atoms with van der Waals surface area (Å²) in [6.07, 6.45) is 1.93. The quantitative estimate of drug-likeness (QED) is 0.562. The Balaban J connectivity index is 1.54. The van der Waals surface area contributed by atoms with Gasteiger partial charge in [0.2, 0.25) is 5.91 Å². The van der Waals surface area contributed by atoms with Crippen LogP contribution in [0.1, 0.15) is 11.1 Å². The molecule has 0 saturated carbocycles. The molecule has 0 aliphatic rings. The summed E-state index contributed by atoms with van der Waals surface area (Å²) >= 11 is 1.42. The molecule has 0 saturated heterocycles. The number of benzene rings is 2. The average molecular weight is 348 g/mol. The monoisotopic (exact) mass is 348 g/mol. The van der Waals surface area contributed by atoms with Crippen LogP contribution in [0.2, 0.25) is 0 Å². The number of aryl methyl sites for hydroxylation is 1. The first-order valence-corrected chi connectivity index (χ1v) is 8.84. The second-order valence-corrected chi connectivity index (χ2v) is 6.74. The van der Waals surface area contributed by atoms with Gasteiger partial charge in [-0.25, -0.2) is 4.98 Å². The van der Waals surface area contributed by atoms with E-state index >= 15 is 0 Å². The number of amides is 1. The van der Waals surface area contributed by atoms with Gasteiger partial charge in [-0.1, -0.05) is 42.5 Å². The summed E-state index contributed by atoms with van der Waals surface area (Å²) in [7, 11) is 0. The van der Waals surface area contributed by atoms with Crippen molar-refractivity contribution in [1.82, 2.24) is 4.98 Å². The zero-order valence-corrected chi connectivity index (χ0v) is 14.5. The van der Waals surface area contributed by atoms with E-state index in [-0.39, 0.29) is 12.3 Å². The van der Waals surface area contributed by atoms with Gasteiger partial charge in [0.15, 0.2) is 0 Å². The maximum absolute atomic E-state index is 12.5. The van der Waals surface area contributed by atoms with E-state index in [1.54, 1.807) is 11.8 Å². The summed E-state index contributed by atoms with van der Waals surface area (Å²) in [5, 5.41) is 4.72. The molecule has 1 N–H and O–H groups in total. The van der Waals surface area contributed by atoms with Crippen molar-refractivity contribution in [3.63, 3.8) is 0 Å². The van der Waals surface area contributed by atoms with Crippen LogP contribution < -0.4 is 5.32 Å². The molecule has 2 aromatic carbocycles. The Bertz CT molecular complexity index is 1030. The number of furan rings is 1. The molecular formula is C20H16N2O2S. The van der Waals surface area contributed by atoms with Crippen LogP contribution in [-0.4, -0.2) is 10.9 Å². The molecule has 2 heterocycles. The third-order valence-corrected chi connectivity index (χ3v) is 4.77. The lowest BCUT2D eigenvalue weighted by atomic mass is 10.1. The maximum Gasteiger partial charge on any atom is 0.229 e. The van der Waals surface area contributed by atoms with Gasteiger partial charge in [-0.3, -0.25) is 4.79 Å². The number of nitrogens with one attached hydrogen (secondary N) is 1. The predicted octanol–water partition coefficient (Wildman–Crippen LogP) is 5.05. The van der Waals surface area contributed by atoms with Crippen LogP contribution in [0.5, 0.6) is 0 Å². The minimum atomic E-state index is -0.0790. The highest BCUT2D eigenvalue weighted by Crippen LogP contribution is 2.30. The summed E-state index contributed by atoms with van der Waals surface area (Å²) in [5.74, 6) is -0.0790. The zero-order valence-electron chi connectivity index (χ0n) is 13.7. The van der Waals surface area contributed by atoms with Crippen molar-refractivity contribution in [3.8, 4) is 11.3 Å². The van der Waals surface area contributed by atoms with Crippen molar-refractivity contribution in [3.05, 3.63) is 71.4 Å². The average Bonchev–Trinajstić information content (AvgIpc) is 3.22. The maximum atomic E-state index is 12.5. The minimum Gasteiger partial charge on any atom is -0.464 e. The number of carbonyl (C=O) groups excluding carboxylic acids is 1. The number of nitrogens with zero attached hydrogens (tertiary/aromatic N) is 1. The molecule has 0 unspecified atom stereocenters. The van der Waals surface area contributed by atoms with Gasteiger partial charge in [-0.05, 0) is 18.6 Å². The van der Waals surface area contributed by atoms with Crippen LogP contribution >= 0.6 is 11.3 Å². The van der Waals surface area contributed by atoms with E-state index in [1.165, 1.54) is 11.3 Å². The Kier molecular flexibility index (Phi) is 4.07. The van der Waals surface area contributed by atoms with Crippen LogP contribution in [0.3, 0.4) is 0 Å². The molecular weight excluding hydrogens is 332 g/mol. The van der Waals surface area contributed by atoms with Crippen molar-refractivity contribution in [1.29, 1.82) is 0 Å². The first-order chi connectivity index (χ1) is 12.2. The summed E-state index contributed by atoms with van der Waals surface area (Å²) in [6, 6.07) is 15.8. The van der Waals surface area contributed by atoms with E-state index < -0.39 is 0 Å². The largest absolute Gasteiger partial charge is 0.464 e. The molecule has 4 nitrogen and oxygen atoms in total. The van der Waals surface area contributed by atoms with E-state index in [4.69, 9.17) is 4.42 Å². The van der Waals surface area contributed by atoms with E-state index in [0.29, 0.717) is 0 Å². The molecule has 1 amide bonds. The van der Waals surface area contributed by atoms with E-state index in [9.17, 15) is 4.79 Å². The SMILES string of the molecule is Cc1ccc2c(CC(=O)Nc3scnc3-c3ccccc3)coc2c1. The molecule has 4 rings (SSSR count). The van der Waals surface area contributed by atoms with Crippen LogP contribution in [-0.2, 0) is 11.2 Å². The molecule has 124 valence electrons. The van der Waals surface area contributed by atoms with Crippen LogP contribution in [0.4, 0.5) is 5.00 Å². The number of hydrogen-bond acceptors (Lipinski definition) is 4. The normalized spacial score (nSPS) is 10.9. The first kappa shape index (κ1) is 15.6. The van der Waals surface area contributed by atoms with Gasteiger partial charge < -0.3 is 9.73 Å². The Hall–Kier alpha value is -2.92. The standard InChI is InChI=1S/C20H16N2O2S/c1-13-7-8-16-15(11-24-17(16)9-13)10-18(23)22-20-19(21-12-25-20)14-5-3-2-4-6-14/h2-9,11-12H,10H2,1H3,(H,22,23). The van der Waals surface area contributed by atoms with Crippen molar-refractivity contribution >= 4 is 33.2 Å². The van der Waals surface area contributed by atoms with Crippen molar-refractivity contribution in [2.24, 2.45) is 0 Å². The number of rotatable bonds is 4. The highest BCUT2D eigenvalue weighted by molar-refractivity contribution is 7.14. The number of thiazole rings is 1. The highest BCUT2D eigenvalue weighted by Gasteiger charge is 2.14. The summed E-state index contributed by atoms with van der Waals surface area (Å²) in [4.78, 5) is 16.9. The lowest BCUT2D eigenvalue weighted by Crippen LogP contribution is -2.13. The number of aromatic nitrogens is 1. The molecule has 25 heavy (non-hydrogen) atoms. The van der Waals surface area contributed by atoms with Crippen LogP contribution in [0, 0.1) is 6.92 Å². The number of anilines is 1. The van der Waals surface area contributed by atoms with Gasteiger partial charge in [-0.15, -0.1) is 11.3 Å². The molecule has 0 bridgehead atoms. The molecule has 4 aromatic rings. The van der Waals surface area contributed by atoms with Crippen molar-refractivity contribution in [2.45, 2.75) is 13.3 Å². The van der Waals surface area contributed by atoms with Crippen LogP contribution in [0.15, 0.2) is 64.7 Å². The van der Waals surface area contributed by atoms with Gasteiger partial charge in [0.05, 0.1) is 18.2 Å². The predicted molar refractivity (Wildman–Crippen MR) is 101 cm³/mol. The Morgan fingerprint density at radius 1 is 1.20 bits per heavy atom. The van der Waals surface area contributed by atoms with Crippen LogP contribution in [0.25, 0.3) is 22.2 Å². The van der Waals surface area contributed by atoms with E-state index in [1.807, 2.05) is 55.5 Å². The first-order valence-electron chi connectivity index (χ1n) is 7.96. The summed E-state index contributed by atoms with van der Waals surface area (Å²) in [5.41, 5.74) is 6.36. The summed E-state index contributed by atoms with van der Waals surface area (Å²) < 4.78 is 5.57. The minimum absolute atomic E-state index is 0.0790. The van der Waals surface area contributed by atoms with Gasteiger partial charge >= 0.3 is 0 Å². The lowest BCUT2D eigenvalue weighted by molar-refractivity contribution is -0.115. The third kappa shape index (κ3) is 3.19. The van der Waals surface area contributed by atoms with E-state index in [0.717, 1.165) is 38.4 Å². The van der Waals surface area contributed by atoms with Gasteiger partial charge in [0, 0.05) is 16.5 Å². The lowest BCUT2D eigenvalue weighted by Gasteiger charge is -2.05. The van der Waals surface area contributed by atoms with E-state index in [2.05, 4.69) is 10.3 Å².